The third-order valence-corrected chi connectivity index (χ3v) is 5.06. The average molecular weight is 406 g/mol. The van der Waals surface area contributed by atoms with Gasteiger partial charge in [-0.05, 0) is 36.1 Å². The van der Waals surface area contributed by atoms with Crippen molar-refractivity contribution in [2.75, 3.05) is 17.6 Å². The number of para-hydroxylation sites is 1. The summed E-state index contributed by atoms with van der Waals surface area (Å²) < 4.78 is 1.77. The molecule has 0 unspecified atom stereocenters. The standard InChI is InChI=1S/C22H20ClN5O/c1-14-6-5-7-15-12-17(10-11-25-20-18(23)13-26-22(24)27-20)28(21(29)19(14)15)16-8-3-2-4-9-16/h2-9,12-13H,10-11H2,1H3,(H3,24,25,26,27). The first-order chi connectivity index (χ1) is 14.0. The van der Waals surface area contributed by atoms with Crippen molar-refractivity contribution in [2.45, 2.75) is 13.3 Å². The fourth-order valence-corrected chi connectivity index (χ4v) is 3.60. The number of nitrogen functional groups attached to an aromatic ring is 1. The number of aryl methyl sites for hydroxylation is 1. The van der Waals surface area contributed by atoms with Gasteiger partial charge in [-0.25, -0.2) is 4.98 Å². The van der Waals surface area contributed by atoms with Gasteiger partial charge in [-0.2, -0.15) is 4.98 Å². The predicted molar refractivity (Wildman–Crippen MR) is 118 cm³/mol. The summed E-state index contributed by atoms with van der Waals surface area (Å²) in [6, 6.07) is 17.6. The molecule has 0 aliphatic rings. The second kappa shape index (κ2) is 7.93. The number of hydrogen-bond acceptors (Lipinski definition) is 5. The van der Waals surface area contributed by atoms with Gasteiger partial charge < -0.3 is 11.1 Å². The maximum atomic E-state index is 13.4. The minimum atomic E-state index is -0.0221. The fourth-order valence-electron chi connectivity index (χ4n) is 3.45. The van der Waals surface area contributed by atoms with E-state index in [0.29, 0.717) is 23.8 Å². The highest BCUT2D eigenvalue weighted by Gasteiger charge is 2.13. The molecule has 7 heteroatoms. The normalized spacial score (nSPS) is 11.0. The first-order valence-corrected chi connectivity index (χ1v) is 9.64. The number of nitrogens with two attached hydrogens (primary N) is 1. The number of aromatic nitrogens is 3. The third kappa shape index (κ3) is 3.79. The van der Waals surface area contributed by atoms with Crippen LogP contribution in [0.3, 0.4) is 0 Å². The quantitative estimate of drug-likeness (QED) is 0.524. The van der Waals surface area contributed by atoms with Crippen molar-refractivity contribution in [3.05, 3.63) is 87.4 Å². The maximum Gasteiger partial charge on any atom is 0.263 e. The molecule has 2 aromatic carbocycles. The van der Waals surface area contributed by atoms with Crippen LogP contribution in [0.2, 0.25) is 5.02 Å². The molecule has 0 aliphatic carbocycles. The molecule has 0 saturated carbocycles. The summed E-state index contributed by atoms with van der Waals surface area (Å²) in [6.07, 6.45) is 2.05. The van der Waals surface area contributed by atoms with Crippen molar-refractivity contribution < 1.29 is 0 Å². The van der Waals surface area contributed by atoms with E-state index in [1.165, 1.54) is 6.20 Å². The van der Waals surface area contributed by atoms with Crippen molar-refractivity contribution in [1.29, 1.82) is 0 Å². The molecule has 3 N–H and O–H groups in total. The predicted octanol–water partition coefficient (Wildman–Crippen LogP) is 3.98. The smallest absolute Gasteiger partial charge is 0.263 e. The van der Waals surface area contributed by atoms with Crippen LogP contribution in [0.4, 0.5) is 11.8 Å². The van der Waals surface area contributed by atoms with E-state index < -0.39 is 0 Å². The number of benzene rings is 2. The summed E-state index contributed by atoms with van der Waals surface area (Å²) in [5, 5.41) is 5.25. The molecule has 146 valence electrons. The van der Waals surface area contributed by atoms with Crippen LogP contribution >= 0.6 is 11.6 Å². The summed E-state index contributed by atoms with van der Waals surface area (Å²) in [5.41, 5.74) is 8.31. The Kier molecular flexibility index (Phi) is 5.18. The van der Waals surface area contributed by atoms with Gasteiger partial charge in [0.2, 0.25) is 5.95 Å². The molecule has 0 atom stereocenters. The fraction of sp³-hybridized carbons (Fsp3) is 0.136. The molecule has 2 heterocycles. The molecule has 0 fully saturated rings. The number of pyridine rings is 1. The number of anilines is 2. The summed E-state index contributed by atoms with van der Waals surface area (Å²) in [6.45, 7) is 2.49. The van der Waals surface area contributed by atoms with Crippen LogP contribution in [0.1, 0.15) is 11.3 Å². The van der Waals surface area contributed by atoms with Gasteiger partial charge in [0.15, 0.2) is 0 Å². The molecule has 2 aromatic heterocycles. The van der Waals surface area contributed by atoms with Crippen molar-refractivity contribution in [3.63, 3.8) is 0 Å². The molecular weight excluding hydrogens is 386 g/mol. The SMILES string of the molecule is Cc1cccc2cc(CCNc3nc(N)ncc3Cl)n(-c3ccccc3)c(=O)c12. The van der Waals surface area contributed by atoms with Crippen LogP contribution in [0.5, 0.6) is 0 Å². The Morgan fingerprint density at radius 1 is 1.14 bits per heavy atom. The van der Waals surface area contributed by atoms with Gasteiger partial charge in [0, 0.05) is 24.3 Å². The van der Waals surface area contributed by atoms with Gasteiger partial charge >= 0.3 is 0 Å². The first-order valence-electron chi connectivity index (χ1n) is 9.26. The highest BCUT2D eigenvalue weighted by molar-refractivity contribution is 6.32. The minimum absolute atomic E-state index is 0.0221. The zero-order chi connectivity index (χ0) is 20.4. The van der Waals surface area contributed by atoms with E-state index in [-0.39, 0.29) is 11.5 Å². The lowest BCUT2D eigenvalue weighted by molar-refractivity contribution is 0.858. The van der Waals surface area contributed by atoms with Gasteiger partial charge in [0.05, 0.1) is 11.6 Å². The van der Waals surface area contributed by atoms with Crippen molar-refractivity contribution in [3.8, 4) is 5.69 Å². The largest absolute Gasteiger partial charge is 0.368 e. The Labute approximate surface area is 173 Å². The summed E-state index contributed by atoms with van der Waals surface area (Å²) in [4.78, 5) is 21.4. The first kappa shape index (κ1) is 19.0. The van der Waals surface area contributed by atoms with E-state index in [9.17, 15) is 4.79 Å². The lowest BCUT2D eigenvalue weighted by Crippen LogP contribution is -2.24. The Balaban J connectivity index is 1.75. The monoisotopic (exact) mass is 405 g/mol. The van der Waals surface area contributed by atoms with E-state index in [1.807, 2.05) is 55.5 Å². The van der Waals surface area contributed by atoms with E-state index in [2.05, 4.69) is 21.4 Å². The van der Waals surface area contributed by atoms with E-state index in [4.69, 9.17) is 17.3 Å². The topological polar surface area (TPSA) is 85.8 Å². The second-order valence-corrected chi connectivity index (χ2v) is 7.16. The molecule has 4 aromatic rings. The summed E-state index contributed by atoms with van der Waals surface area (Å²) in [5.74, 6) is 0.628. The van der Waals surface area contributed by atoms with Gasteiger partial charge in [0.25, 0.3) is 5.56 Å². The van der Waals surface area contributed by atoms with Crippen molar-refractivity contribution in [2.24, 2.45) is 0 Å². The second-order valence-electron chi connectivity index (χ2n) is 6.75. The molecule has 0 amide bonds. The Morgan fingerprint density at radius 2 is 1.93 bits per heavy atom. The molecule has 0 saturated heterocycles. The number of hydrogen-bond donors (Lipinski definition) is 2. The van der Waals surface area contributed by atoms with Crippen molar-refractivity contribution in [1.82, 2.24) is 14.5 Å². The Hall–Kier alpha value is -3.38. The molecule has 0 spiro atoms. The molecule has 0 aliphatic heterocycles. The van der Waals surface area contributed by atoms with E-state index in [0.717, 1.165) is 27.7 Å². The van der Waals surface area contributed by atoms with Crippen LogP contribution in [-0.2, 0) is 6.42 Å². The number of halogens is 1. The van der Waals surface area contributed by atoms with Gasteiger partial charge in [-0.15, -0.1) is 0 Å². The lowest BCUT2D eigenvalue weighted by atomic mass is 10.0. The Morgan fingerprint density at radius 3 is 2.72 bits per heavy atom. The van der Waals surface area contributed by atoms with Gasteiger partial charge in [-0.3, -0.25) is 9.36 Å². The summed E-state index contributed by atoms with van der Waals surface area (Å²) in [7, 11) is 0. The van der Waals surface area contributed by atoms with Crippen LogP contribution in [0.25, 0.3) is 16.5 Å². The van der Waals surface area contributed by atoms with Crippen LogP contribution in [-0.4, -0.2) is 21.1 Å². The minimum Gasteiger partial charge on any atom is -0.368 e. The highest BCUT2D eigenvalue weighted by atomic mass is 35.5. The summed E-state index contributed by atoms with van der Waals surface area (Å²) >= 11 is 6.13. The maximum absolute atomic E-state index is 13.4. The molecule has 0 radical (unpaired) electrons. The molecule has 4 rings (SSSR count). The zero-order valence-corrected chi connectivity index (χ0v) is 16.6. The van der Waals surface area contributed by atoms with Crippen LogP contribution in [0, 0.1) is 6.92 Å². The third-order valence-electron chi connectivity index (χ3n) is 4.78. The van der Waals surface area contributed by atoms with Gasteiger partial charge in [0.1, 0.15) is 10.8 Å². The van der Waals surface area contributed by atoms with E-state index in [1.54, 1.807) is 4.57 Å². The van der Waals surface area contributed by atoms with Crippen LogP contribution < -0.4 is 16.6 Å². The number of fused-ring (bicyclic) bond motifs is 1. The lowest BCUT2D eigenvalue weighted by Gasteiger charge is -2.16. The number of nitrogens with one attached hydrogen (secondary N) is 1. The molecule has 29 heavy (non-hydrogen) atoms. The number of rotatable bonds is 5. The molecular formula is C22H20ClN5O. The molecule has 0 bridgehead atoms. The number of nitrogens with zero attached hydrogens (tertiary/aromatic N) is 3. The van der Waals surface area contributed by atoms with E-state index >= 15 is 0 Å². The average Bonchev–Trinajstić information content (AvgIpc) is 2.71. The molecule has 6 nitrogen and oxygen atoms in total. The van der Waals surface area contributed by atoms with Crippen LogP contribution in [0.15, 0.2) is 65.6 Å². The highest BCUT2D eigenvalue weighted by Crippen LogP contribution is 2.21. The van der Waals surface area contributed by atoms with Crippen molar-refractivity contribution >= 4 is 34.1 Å². The Bertz CT molecular complexity index is 1240. The zero-order valence-electron chi connectivity index (χ0n) is 15.9. The van der Waals surface area contributed by atoms with Gasteiger partial charge in [-0.1, -0.05) is 48.0 Å².